The Morgan fingerprint density at radius 2 is 1.72 bits per heavy atom. The van der Waals surface area contributed by atoms with E-state index in [-0.39, 0.29) is 24.5 Å². The van der Waals surface area contributed by atoms with E-state index in [2.05, 4.69) is 63.1 Å². The Labute approximate surface area is 283 Å². The molecule has 46 heavy (non-hydrogen) atoms. The number of nitrogens with zero attached hydrogens (tertiary/aromatic N) is 2. The summed E-state index contributed by atoms with van der Waals surface area (Å²) in [6, 6.07) is 5.73. The summed E-state index contributed by atoms with van der Waals surface area (Å²) in [7, 11) is 0. The van der Waals surface area contributed by atoms with Crippen LogP contribution < -0.4 is 5.32 Å². The van der Waals surface area contributed by atoms with E-state index in [1.807, 2.05) is 54.0 Å². The number of amides is 2. The summed E-state index contributed by atoms with van der Waals surface area (Å²) < 4.78 is 13.9. The van der Waals surface area contributed by atoms with E-state index in [4.69, 9.17) is 0 Å². The van der Waals surface area contributed by atoms with Gasteiger partial charge in [0.05, 0.1) is 22.1 Å². The largest absolute Gasteiger partial charge is 0.341 e. The Hall–Kier alpha value is -2.61. The van der Waals surface area contributed by atoms with Gasteiger partial charge in [-0.25, -0.2) is 9.37 Å². The van der Waals surface area contributed by atoms with Crippen LogP contribution in [0.25, 0.3) is 10.4 Å². The van der Waals surface area contributed by atoms with Crippen LogP contribution in [0, 0.1) is 18.3 Å². The molecule has 2 amide bonds. The molecule has 4 rings (SSSR count). The van der Waals surface area contributed by atoms with E-state index >= 15 is 0 Å². The lowest BCUT2D eigenvalue weighted by atomic mass is 9.85. The lowest BCUT2D eigenvalue weighted by Crippen LogP contribution is -2.58. The van der Waals surface area contributed by atoms with Crippen molar-refractivity contribution in [3.63, 3.8) is 0 Å². The second-order valence-corrected chi connectivity index (χ2v) is 14.4. The second kappa shape index (κ2) is 18.7. The number of rotatable bonds is 9. The molecule has 2 aliphatic rings. The number of halogens is 1. The molecule has 2 aromatic rings. The maximum Gasteiger partial charge on any atom is 0.258 e. The third-order valence-electron chi connectivity index (χ3n) is 8.53. The van der Waals surface area contributed by atoms with Gasteiger partial charge in [-0.2, -0.15) is 0 Å². The van der Waals surface area contributed by atoms with E-state index in [0.717, 1.165) is 18.0 Å². The Kier molecular flexibility index (Phi) is 16.8. The van der Waals surface area contributed by atoms with Crippen molar-refractivity contribution in [2.45, 2.75) is 152 Å². The fraction of sp³-hybridized carbons (Fsp3) is 0.684. The van der Waals surface area contributed by atoms with Crippen LogP contribution in [0.15, 0.2) is 23.7 Å². The SMILES string of the molecule is CC.CC.CC(=O)C1CCCN1C(=O)C(NC(=O)C1(F)CC1)C(C)(C)C.CCC(C)Cc1ccc(-c2scnc2C)cc1C(C)C. The molecule has 1 aromatic carbocycles. The molecule has 1 saturated heterocycles. The third-order valence-corrected chi connectivity index (χ3v) is 9.51. The summed E-state index contributed by atoms with van der Waals surface area (Å²) in [6.07, 6.45) is 4.28. The number of likely N-dealkylation sites (tertiary alicyclic amines) is 1. The highest BCUT2D eigenvalue weighted by Gasteiger charge is 2.53. The van der Waals surface area contributed by atoms with Gasteiger partial charge in [0.25, 0.3) is 5.91 Å². The molecule has 260 valence electrons. The van der Waals surface area contributed by atoms with Gasteiger partial charge in [0.1, 0.15) is 6.04 Å². The number of hydrogen-bond acceptors (Lipinski definition) is 5. The summed E-state index contributed by atoms with van der Waals surface area (Å²) in [5.41, 5.74) is 5.04. The van der Waals surface area contributed by atoms with Crippen LogP contribution in [0.4, 0.5) is 4.39 Å². The smallest absolute Gasteiger partial charge is 0.258 e. The number of carbonyl (C=O) groups excluding carboxylic acids is 3. The molecule has 1 N–H and O–H groups in total. The zero-order valence-corrected chi connectivity index (χ0v) is 31.8. The van der Waals surface area contributed by atoms with Gasteiger partial charge in [0.15, 0.2) is 11.5 Å². The minimum Gasteiger partial charge on any atom is -0.341 e. The van der Waals surface area contributed by atoms with Crippen molar-refractivity contribution in [1.29, 1.82) is 0 Å². The Balaban J connectivity index is 0.000000417. The Bertz CT molecular complexity index is 1260. The number of aromatic nitrogens is 1. The maximum atomic E-state index is 13.9. The summed E-state index contributed by atoms with van der Waals surface area (Å²) in [5.74, 6) is 0.280. The molecule has 2 fully saturated rings. The van der Waals surface area contributed by atoms with Gasteiger partial charge in [-0.1, -0.05) is 94.7 Å². The molecule has 3 unspecified atom stereocenters. The molecule has 0 radical (unpaired) electrons. The molecule has 0 spiro atoms. The maximum absolute atomic E-state index is 13.9. The van der Waals surface area contributed by atoms with Crippen molar-refractivity contribution in [2.24, 2.45) is 11.3 Å². The van der Waals surface area contributed by atoms with Crippen LogP contribution in [-0.4, -0.2) is 51.8 Å². The van der Waals surface area contributed by atoms with Crippen molar-refractivity contribution in [3.05, 3.63) is 40.5 Å². The molecule has 6 nitrogen and oxygen atoms in total. The summed E-state index contributed by atoms with van der Waals surface area (Å²) in [4.78, 5) is 43.7. The third kappa shape index (κ3) is 11.3. The predicted octanol–water partition coefficient (Wildman–Crippen LogP) is 9.48. The minimum absolute atomic E-state index is 0.0472. The molecule has 2 heterocycles. The molecule has 1 aromatic heterocycles. The van der Waals surface area contributed by atoms with Gasteiger partial charge in [0.2, 0.25) is 5.91 Å². The standard InChI is InChI=1S/C18H25NS.C16H25FN2O3.2C2H6/c1-6-13(4)9-15-7-8-16(10-17(15)12(2)3)18-14(5)19-11-20-18;1-10(20)11-6-5-9-19(11)13(21)12(15(2,3)4)18-14(22)16(17)7-8-16;2*1-2/h7-8,10-13H,6,9H2,1-5H3;11-12H,5-9H2,1-4H3,(H,18,22);2*1-2H3. The van der Waals surface area contributed by atoms with E-state index in [1.54, 1.807) is 11.3 Å². The molecule has 3 atom stereocenters. The lowest BCUT2D eigenvalue weighted by molar-refractivity contribution is -0.144. The number of benzene rings is 1. The van der Waals surface area contributed by atoms with Gasteiger partial charge in [-0.15, -0.1) is 11.3 Å². The minimum atomic E-state index is -1.81. The monoisotopic (exact) mass is 659 g/mol. The first-order valence-electron chi connectivity index (χ1n) is 17.4. The average molecular weight is 660 g/mol. The van der Waals surface area contributed by atoms with Crippen molar-refractivity contribution in [2.75, 3.05) is 6.54 Å². The quantitative estimate of drug-likeness (QED) is 0.291. The van der Waals surface area contributed by atoms with E-state index < -0.39 is 29.1 Å². The highest BCUT2D eigenvalue weighted by atomic mass is 32.1. The topological polar surface area (TPSA) is 79.4 Å². The number of ketones is 1. The Morgan fingerprint density at radius 1 is 1.11 bits per heavy atom. The van der Waals surface area contributed by atoms with Crippen molar-refractivity contribution in [1.82, 2.24) is 15.2 Å². The van der Waals surface area contributed by atoms with Gasteiger partial charge in [-0.3, -0.25) is 14.4 Å². The number of nitrogens with one attached hydrogen (secondary N) is 1. The molecule has 0 bridgehead atoms. The molecule has 8 heteroatoms. The van der Waals surface area contributed by atoms with Crippen LogP contribution in [0.2, 0.25) is 0 Å². The molecular weight excluding hydrogens is 598 g/mol. The number of alkyl halides is 1. The van der Waals surface area contributed by atoms with Crippen LogP contribution in [0.5, 0.6) is 0 Å². The van der Waals surface area contributed by atoms with Gasteiger partial charge >= 0.3 is 0 Å². The Morgan fingerprint density at radius 3 is 2.17 bits per heavy atom. The first kappa shape index (κ1) is 41.4. The average Bonchev–Trinajstić information content (AvgIpc) is 3.38. The fourth-order valence-corrected chi connectivity index (χ4v) is 6.23. The molecular formula is C38H62FN3O3S. The van der Waals surface area contributed by atoms with Crippen LogP contribution >= 0.6 is 11.3 Å². The van der Waals surface area contributed by atoms with Crippen LogP contribution in [-0.2, 0) is 20.8 Å². The number of Topliss-reactive ketones (excluding diaryl/α,β-unsaturated/α-hetero) is 1. The first-order valence-corrected chi connectivity index (χ1v) is 18.3. The van der Waals surface area contributed by atoms with Crippen LogP contribution in [0.1, 0.15) is 138 Å². The van der Waals surface area contributed by atoms with E-state index in [9.17, 15) is 18.8 Å². The highest BCUT2D eigenvalue weighted by Crippen LogP contribution is 2.40. The second-order valence-electron chi connectivity index (χ2n) is 13.6. The lowest BCUT2D eigenvalue weighted by Gasteiger charge is -2.35. The molecule has 1 saturated carbocycles. The number of hydrogen-bond donors (Lipinski definition) is 1. The zero-order valence-electron chi connectivity index (χ0n) is 31.0. The first-order chi connectivity index (χ1) is 21.6. The van der Waals surface area contributed by atoms with Crippen molar-refractivity contribution >= 4 is 28.9 Å². The van der Waals surface area contributed by atoms with Crippen molar-refractivity contribution in [3.8, 4) is 10.4 Å². The zero-order chi connectivity index (χ0) is 35.4. The van der Waals surface area contributed by atoms with Gasteiger partial charge in [0, 0.05) is 6.54 Å². The summed E-state index contributed by atoms with van der Waals surface area (Å²) >= 11 is 1.74. The summed E-state index contributed by atoms with van der Waals surface area (Å²) in [5, 5.41) is 2.58. The van der Waals surface area contributed by atoms with Crippen molar-refractivity contribution < 1.29 is 18.8 Å². The number of aryl methyl sites for hydroxylation is 1. The number of carbonyl (C=O) groups is 3. The fourth-order valence-electron chi connectivity index (χ4n) is 5.42. The van der Waals surface area contributed by atoms with E-state index in [1.165, 1.54) is 46.2 Å². The van der Waals surface area contributed by atoms with Gasteiger partial charge < -0.3 is 10.2 Å². The van der Waals surface area contributed by atoms with E-state index in [0.29, 0.717) is 18.9 Å². The number of thiazole rings is 1. The molecule has 1 aliphatic carbocycles. The summed E-state index contributed by atoms with van der Waals surface area (Å²) in [6.45, 7) is 26.7. The highest BCUT2D eigenvalue weighted by molar-refractivity contribution is 7.13. The molecule has 1 aliphatic heterocycles. The predicted molar refractivity (Wildman–Crippen MR) is 192 cm³/mol. The van der Waals surface area contributed by atoms with Crippen LogP contribution in [0.3, 0.4) is 0 Å². The normalized spacial score (nSPS) is 17.7. The van der Waals surface area contributed by atoms with Gasteiger partial charge in [-0.05, 0) is 86.0 Å².